The van der Waals surface area contributed by atoms with E-state index in [0.717, 1.165) is 29.3 Å². The molecule has 0 radical (unpaired) electrons. The lowest BCUT2D eigenvalue weighted by molar-refractivity contribution is 0.0573. The summed E-state index contributed by atoms with van der Waals surface area (Å²) in [5.74, 6) is 0.847. The van der Waals surface area contributed by atoms with Crippen LogP contribution in [-0.2, 0) is 4.74 Å². The Morgan fingerprint density at radius 2 is 1.65 bits per heavy atom. The summed E-state index contributed by atoms with van der Waals surface area (Å²) in [5, 5.41) is 0.817. The van der Waals surface area contributed by atoms with Crippen LogP contribution in [0.1, 0.15) is 39.7 Å². The number of benzene rings is 2. The van der Waals surface area contributed by atoms with Crippen LogP contribution in [0.25, 0.3) is 22.2 Å². The number of rotatable bonds is 6. The first-order valence-electron chi connectivity index (χ1n) is 12.2. The van der Waals surface area contributed by atoms with Crippen LogP contribution in [0.4, 0.5) is 0 Å². The van der Waals surface area contributed by atoms with Crippen molar-refractivity contribution in [3.8, 4) is 22.8 Å². The van der Waals surface area contributed by atoms with Crippen molar-refractivity contribution in [2.75, 3.05) is 34.4 Å². The van der Waals surface area contributed by atoms with Gasteiger partial charge < -0.3 is 23.7 Å². The molecule has 1 aliphatic heterocycles. The summed E-state index contributed by atoms with van der Waals surface area (Å²) >= 11 is 0. The number of fused-ring (bicyclic) bond motifs is 1. The predicted molar refractivity (Wildman–Crippen MR) is 140 cm³/mol. The molecular formula is C29H29N3O5. The molecule has 190 valence electrons. The van der Waals surface area contributed by atoms with E-state index >= 15 is 0 Å². The highest BCUT2D eigenvalue weighted by atomic mass is 16.5. The average molecular weight is 500 g/mol. The lowest BCUT2D eigenvalue weighted by atomic mass is 10.00. The minimum absolute atomic E-state index is 0.0283. The van der Waals surface area contributed by atoms with E-state index < -0.39 is 0 Å². The SMILES string of the molecule is COC(=O)c1cccn1C1CCN(C(=O)c2cc(-c3ccc(OC)c(OC)c3)nc3ccccc23)CC1. The Morgan fingerprint density at radius 1 is 0.892 bits per heavy atom. The van der Waals surface area contributed by atoms with Crippen molar-refractivity contribution in [1.82, 2.24) is 14.5 Å². The Labute approximate surface area is 215 Å². The van der Waals surface area contributed by atoms with E-state index in [1.54, 1.807) is 20.3 Å². The minimum atomic E-state index is -0.352. The fourth-order valence-corrected chi connectivity index (χ4v) is 5.00. The average Bonchev–Trinajstić information content (AvgIpc) is 3.45. The Hall–Kier alpha value is -4.33. The van der Waals surface area contributed by atoms with Crippen molar-refractivity contribution in [1.29, 1.82) is 0 Å². The number of hydrogen-bond donors (Lipinski definition) is 0. The van der Waals surface area contributed by atoms with Gasteiger partial charge in [-0.1, -0.05) is 18.2 Å². The molecule has 5 rings (SSSR count). The number of amides is 1. The smallest absolute Gasteiger partial charge is 0.354 e. The highest BCUT2D eigenvalue weighted by Gasteiger charge is 2.28. The number of nitrogens with zero attached hydrogens (tertiary/aromatic N) is 3. The zero-order valence-electron chi connectivity index (χ0n) is 21.1. The quantitative estimate of drug-likeness (QED) is 0.348. The third-order valence-electron chi connectivity index (χ3n) is 6.94. The molecular weight excluding hydrogens is 470 g/mol. The number of ether oxygens (including phenoxy) is 3. The first-order chi connectivity index (χ1) is 18.0. The summed E-state index contributed by atoms with van der Waals surface area (Å²) in [5.41, 5.74) is 3.42. The van der Waals surface area contributed by atoms with E-state index in [4.69, 9.17) is 19.2 Å². The van der Waals surface area contributed by atoms with E-state index in [9.17, 15) is 9.59 Å². The summed E-state index contributed by atoms with van der Waals surface area (Å²) in [4.78, 5) is 32.6. The van der Waals surface area contributed by atoms with Crippen molar-refractivity contribution in [2.45, 2.75) is 18.9 Å². The van der Waals surface area contributed by atoms with Crippen molar-refractivity contribution in [3.05, 3.63) is 78.1 Å². The number of pyridine rings is 1. The van der Waals surface area contributed by atoms with Gasteiger partial charge in [0.25, 0.3) is 5.91 Å². The second-order valence-corrected chi connectivity index (χ2v) is 8.96. The predicted octanol–water partition coefficient (Wildman–Crippen LogP) is 4.98. The van der Waals surface area contributed by atoms with Gasteiger partial charge in [0.1, 0.15) is 5.69 Å². The largest absolute Gasteiger partial charge is 0.493 e. The summed E-state index contributed by atoms with van der Waals surface area (Å²) in [6, 6.07) is 18.9. The van der Waals surface area contributed by atoms with E-state index in [1.807, 2.05) is 70.3 Å². The number of para-hydroxylation sites is 1. The molecule has 1 aliphatic rings. The maximum Gasteiger partial charge on any atom is 0.354 e. The van der Waals surface area contributed by atoms with Crippen molar-refractivity contribution in [3.63, 3.8) is 0 Å². The standard InChI is InChI=1S/C29H29N3O5/c1-35-26-11-10-19(17-27(26)36-2)24-18-22(21-7-4-5-8-23(21)30-24)28(33)31-15-12-20(13-16-31)32-14-6-9-25(32)29(34)37-3/h4-11,14,17-18,20H,12-13,15-16H2,1-3H3. The van der Waals surface area contributed by atoms with Crippen LogP contribution in [-0.4, -0.2) is 60.7 Å². The monoisotopic (exact) mass is 499 g/mol. The molecule has 0 atom stereocenters. The van der Waals surface area contributed by atoms with Gasteiger partial charge in [-0.15, -0.1) is 0 Å². The molecule has 1 amide bonds. The van der Waals surface area contributed by atoms with Gasteiger partial charge in [-0.2, -0.15) is 0 Å². The first-order valence-corrected chi connectivity index (χ1v) is 12.2. The third-order valence-corrected chi connectivity index (χ3v) is 6.94. The maximum absolute atomic E-state index is 13.8. The van der Waals surface area contributed by atoms with Gasteiger partial charge >= 0.3 is 5.97 Å². The van der Waals surface area contributed by atoms with Crippen LogP contribution in [0, 0.1) is 0 Å². The molecule has 4 aromatic rings. The van der Waals surface area contributed by atoms with Crippen molar-refractivity contribution in [2.24, 2.45) is 0 Å². The maximum atomic E-state index is 13.8. The highest BCUT2D eigenvalue weighted by molar-refractivity contribution is 6.07. The Kier molecular flexibility index (Phi) is 6.81. The first kappa shape index (κ1) is 24.4. The molecule has 8 heteroatoms. The van der Waals surface area contributed by atoms with Crippen molar-refractivity contribution >= 4 is 22.8 Å². The van der Waals surface area contributed by atoms with Gasteiger partial charge in [0.15, 0.2) is 11.5 Å². The molecule has 0 spiro atoms. The lowest BCUT2D eigenvalue weighted by Gasteiger charge is -2.33. The van der Waals surface area contributed by atoms with Crippen LogP contribution in [0.3, 0.4) is 0 Å². The van der Waals surface area contributed by atoms with Gasteiger partial charge in [-0.25, -0.2) is 9.78 Å². The zero-order valence-corrected chi connectivity index (χ0v) is 21.1. The molecule has 0 saturated carbocycles. The molecule has 0 aliphatic carbocycles. The number of aromatic nitrogens is 2. The number of piperidine rings is 1. The molecule has 37 heavy (non-hydrogen) atoms. The van der Waals surface area contributed by atoms with E-state index in [1.165, 1.54) is 7.11 Å². The number of hydrogen-bond acceptors (Lipinski definition) is 6. The van der Waals surface area contributed by atoms with Gasteiger partial charge in [-0.3, -0.25) is 4.79 Å². The minimum Gasteiger partial charge on any atom is -0.493 e. The second-order valence-electron chi connectivity index (χ2n) is 8.96. The molecule has 2 aromatic heterocycles. The second kappa shape index (κ2) is 10.3. The van der Waals surface area contributed by atoms with E-state index in [0.29, 0.717) is 41.5 Å². The summed E-state index contributed by atoms with van der Waals surface area (Å²) < 4.78 is 17.7. The Bertz CT molecular complexity index is 1450. The fourth-order valence-electron chi connectivity index (χ4n) is 5.00. The molecule has 0 N–H and O–H groups in total. The fraction of sp³-hybridized carbons (Fsp3) is 0.276. The summed E-state index contributed by atoms with van der Waals surface area (Å²) in [6.07, 6.45) is 3.39. The molecule has 8 nitrogen and oxygen atoms in total. The van der Waals surface area contributed by atoms with Gasteiger partial charge in [-0.05, 0) is 55.3 Å². The molecule has 1 saturated heterocycles. The Morgan fingerprint density at radius 3 is 2.38 bits per heavy atom. The summed E-state index contributed by atoms with van der Waals surface area (Å²) in [7, 11) is 4.57. The highest BCUT2D eigenvalue weighted by Crippen LogP contribution is 2.34. The van der Waals surface area contributed by atoms with Crippen LogP contribution >= 0.6 is 0 Å². The zero-order chi connectivity index (χ0) is 25.9. The number of esters is 1. The van der Waals surface area contributed by atoms with E-state index in [2.05, 4.69) is 0 Å². The topological polar surface area (TPSA) is 82.9 Å². The molecule has 1 fully saturated rings. The van der Waals surface area contributed by atoms with Crippen LogP contribution in [0.15, 0.2) is 66.9 Å². The van der Waals surface area contributed by atoms with Gasteiger partial charge in [0.05, 0.1) is 38.1 Å². The van der Waals surface area contributed by atoms with Crippen LogP contribution in [0.5, 0.6) is 11.5 Å². The third kappa shape index (κ3) is 4.62. The van der Waals surface area contributed by atoms with Crippen molar-refractivity contribution < 1.29 is 23.8 Å². The molecule has 3 heterocycles. The van der Waals surface area contributed by atoms with E-state index in [-0.39, 0.29) is 17.9 Å². The molecule has 0 unspecified atom stereocenters. The van der Waals surface area contributed by atoms with Crippen LogP contribution in [0.2, 0.25) is 0 Å². The van der Waals surface area contributed by atoms with Gasteiger partial charge in [0, 0.05) is 36.3 Å². The molecule has 0 bridgehead atoms. The van der Waals surface area contributed by atoms with Gasteiger partial charge in [0.2, 0.25) is 0 Å². The number of carbonyl (C=O) groups is 2. The normalized spacial score (nSPS) is 14.0. The molecule has 2 aromatic carbocycles. The Balaban J connectivity index is 1.43. The van der Waals surface area contributed by atoms with Crippen LogP contribution < -0.4 is 9.47 Å². The number of likely N-dealkylation sites (tertiary alicyclic amines) is 1. The summed E-state index contributed by atoms with van der Waals surface area (Å²) in [6.45, 7) is 1.18. The number of carbonyl (C=O) groups excluding carboxylic acids is 2. The lowest BCUT2D eigenvalue weighted by Crippen LogP contribution is -2.39. The number of methoxy groups -OCH3 is 3.